The van der Waals surface area contributed by atoms with Crippen molar-refractivity contribution < 1.29 is 9.53 Å². The van der Waals surface area contributed by atoms with E-state index in [1.165, 1.54) is 0 Å². The molecule has 3 atom stereocenters. The topological polar surface area (TPSA) is 59.0 Å². The minimum absolute atomic E-state index is 0.00511. The molecule has 3 rings (SSSR count). The van der Waals surface area contributed by atoms with E-state index in [1.54, 1.807) is 19.1 Å². The number of benzene rings is 2. The quantitative estimate of drug-likeness (QED) is 0.582. The fraction of sp³-hybridized carbons (Fsp3) is 0.278. The summed E-state index contributed by atoms with van der Waals surface area (Å²) in [7, 11) is 0. The zero-order chi connectivity index (χ0) is 17.1. The summed E-state index contributed by atoms with van der Waals surface area (Å²) in [6.07, 6.45) is -0.713. The van der Waals surface area contributed by atoms with E-state index in [1.807, 2.05) is 42.5 Å². The van der Waals surface area contributed by atoms with E-state index >= 15 is 0 Å². The van der Waals surface area contributed by atoms with E-state index in [2.05, 4.69) is 5.29 Å². The maximum Gasteiger partial charge on any atom is 0.433 e. The van der Waals surface area contributed by atoms with E-state index in [-0.39, 0.29) is 24.5 Å². The van der Waals surface area contributed by atoms with E-state index in [4.69, 9.17) is 16.3 Å². The minimum atomic E-state index is -0.713. The van der Waals surface area contributed by atoms with Crippen LogP contribution in [0, 0.1) is 4.91 Å². The Labute approximate surface area is 145 Å². The largest absolute Gasteiger partial charge is 0.448 e. The molecule has 0 spiro atoms. The molecule has 2 aromatic carbocycles. The summed E-state index contributed by atoms with van der Waals surface area (Å²) >= 11 is 5.96. The number of nitroso groups, excluding NO2 is 1. The molecule has 0 saturated heterocycles. The molecule has 124 valence electrons. The van der Waals surface area contributed by atoms with Gasteiger partial charge in [0.25, 0.3) is 0 Å². The van der Waals surface area contributed by atoms with Gasteiger partial charge in [0.2, 0.25) is 0 Å². The molecule has 1 aliphatic rings. The standard InChI is InChI=1S/C18H17ClN2O3/c1-2-24-18(22)21(20-23)17-15(12-6-4-3-5-7-12)16(17)13-8-10-14(19)11-9-13/h3-11,15-17H,2H2,1H3/t15-,16-,17?/m0/s1. The Morgan fingerprint density at radius 1 is 1.08 bits per heavy atom. The van der Waals surface area contributed by atoms with Gasteiger partial charge in [-0.25, -0.2) is 4.79 Å². The number of rotatable bonds is 5. The first-order valence-corrected chi connectivity index (χ1v) is 8.14. The molecular weight excluding hydrogens is 328 g/mol. The van der Waals surface area contributed by atoms with Crippen molar-refractivity contribution in [1.82, 2.24) is 5.01 Å². The third kappa shape index (κ3) is 3.12. The zero-order valence-electron chi connectivity index (χ0n) is 13.1. The van der Waals surface area contributed by atoms with Gasteiger partial charge >= 0.3 is 6.09 Å². The monoisotopic (exact) mass is 344 g/mol. The van der Waals surface area contributed by atoms with E-state index in [0.29, 0.717) is 5.02 Å². The summed E-state index contributed by atoms with van der Waals surface area (Å²) in [5.41, 5.74) is 2.07. The summed E-state index contributed by atoms with van der Waals surface area (Å²) in [6, 6.07) is 16.9. The molecule has 1 amide bonds. The molecule has 0 aliphatic heterocycles. The second-order valence-electron chi connectivity index (χ2n) is 5.63. The number of nitrogens with zero attached hydrogens (tertiary/aromatic N) is 2. The van der Waals surface area contributed by atoms with Crippen molar-refractivity contribution in [3.05, 3.63) is 75.7 Å². The molecule has 5 nitrogen and oxygen atoms in total. The van der Waals surface area contributed by atoms with Gasteiger partial charge in [0.15, 0.2) is 0 Å². The highest BCUT2D eigenvalue weighted by Gasteiger charge is 2.58. The summed E-state index contributed by atoms with van der Waals surface area (Å²) in [6.45, 7) is 1.89. The van der Waals surface area contributed by atoms with E-state index < -0.39 is 6.09 Å². The Morgan fingerprint density at radius 2 is 1.67 bits per heavy atom. The van der Waals surface area contributed by atoms with Gasteiger partial charge in [0.05, 0.1) is 17.9 Å². The lowest BCUT2D eigenvalue weighted by Gasteiger charge is -2.13. The predicted molar refractivity (Wildman–Crippen MR) is 91.8 cm³/mol. The number of hydrogen-bond acceptors (Lipinski definition) is 4. The molecule has 2 aromatic rings. The van der Waals surface area contributed by atoms with Crippen LogP contribution >= 0.6 is 11.6 Å². The molecule has 1 unspecified atom stereocenters. The normalized spacial score (nSPS) is 21.8. The van der Waals surface area contributed by atoms with Crippen molar-refractivity contribution in [2.24, 2.45) is 5.29 Å². The number of amides is 1. The molecular formula is C18H17ClN2O3. The van der Waals surface area contributed by atoms with Crippen molar-refractivity contribution in [3.8, 4) is 0 Å². The molecule has 0 aromatic heterocycles. The SMILES string of the molecule is CCOC(=O)N(N=O)C1[C@@H](c2ccccc2)[C@@H]1c1ccc(Cl)cc1. The van der Waals surface area contributed by atoms with Crippen molar-refractivity contribution in [2.45, 2.75) is 24.8 Å². The number of carbonyl (C=O) groups is 1. The van der Waals surface area contributed by atoms with Gasteiger partial charge in [0.1, 0.15) is 0 Å². The minimum Gasteiger partial charge on any atom is -0.448 e. The summed E-state index contributed by atoms with van der Waals surface area (Å²) in [4.78, 5) is 23.3. The first-order chi connectivity index (χ1) is 11.7. The third-order valence-corrected chi connectivity index (χ3v) is 4.50. The van der Waals surface area contributed by atoms with Crippen LogP contribution in [-0.2, 0) is 4.74 Å². The average molecular weight is 345 g/mol. The molecule has 0 N–H and O–H groups in total. The summed E-state index contributed by atoms with van der Waals surface area (Å²) in [5.74, 6) is -0.0266. The van der Waals surface area contributed by atoms with Crippen molar-refractivity contribution in [2.75, 3.05) is 6.61 Å². The maximum atomic E-state index is 12.1. The van der Waals surface area contributed by atoms with Gasteiger partial charge in [-0.05, 0) is 30.2 Å². The molecule has 1 fully saturated rings. The summed E-state index contributed by atoms with van der Waals surface area (Å²) < 4.78 is 4.96. The Kier molecular flexibility index (Phi) is 4.81. The summed E-state index contributed by atoms with van der Waals surface area (Å²) in [5, 5.41) is 4.48. The molecule has 1 saturated carbocycles. The highest BCUT2D eigenvalue weighted by Crippen LogP contribution is 2.57. The van der Waals surface area contributed by atoms with Crippen LogP contribution in [0.2, 0.25) is 5.02 Å². The Balaban J connectivity index is 1.93. The second kappa shape index (κ2) is 7.01. The first-order valence-electron chi connectivity index (χ1n) is 7.77. The van der Waals surface area contributed by atoms with Crippen LogP contribution in [0.3, 0.4) is 0 Å². The van der Waals surface area contributed by atoms with Crippen molar-refractivity contribution in [1.29, 1.82) is 0 Å². The lowest BCUT2D eigenvalue weighted by molar-refractivity contribution is 0.104. The second-order valence-corrected chi connectivity index (χ2v) is 6.07. The number of ether oxygens (including phenoxy) is 1. The van der Waals surface area contributed by atoms with E-state index in [0.717, 1.165) is 16.1 Å². The van der Waals surface area contributed by atoms with Gasteiger partial charge in [0, 0.05) is 16.9 Å². The number of carbonyl (C=O) groups excluding carboxylic acids is 1. The molecule has 0 heterocycles. The van der Waals surface area contributed by atoms with E-state index in [9.17, 15) is 9.70 Å². The highest BCUT2D eigenvalue weighted by atomic mass is 35.5. The number of halogens is 1. The number of hydrogen-bond donors (Lipinski definition) is 0. The fourth-order valence-electron chi connectivity index (χ4n) is 3.17. The van der Waals surface area contributed by atoms with Crippen LogP contribution in [0.5, 0.6) is 0 Å². The van der Waals surface area contributed by atoms with Crippen LogP contribution in [0.15, 0.2) is 59.9 Å². The van der Waals surface area contributed by atoms with Gasteiger partial charge in [-0.15, -0.1) is 4.91 Å². The Hall–Kier alpha value is -2.40. The van der Waals surface area contributed by atoms with Gasteiger partial charge < -0.3 is 4.74 Å². The third-order valence-electron chi connectivity index (χ3n) is 4.25. The molecule has 6 heteroatoms. The average Bonchev–Trinajstić information content (AvgIpc) is 3.32. The Morgan fingerprint density at radius 3 is 2.21 bits per heavy atom. The molecule has 1 aliphatic carbocycles. The Bertz CT molecular complexity index is 721. The van der Waals surface area contributed by atoms with Crippen molar-refractivity contribution in [3.63, 3.8) is 0 Å². The van der Waals surface area contributed by atoms with Gasteiger partial charge in [-0.2, -0.15) is 5.01 Å². The fourth-order valence-corrected chi connectivity index (χ4v) is 3.29. The lowest BCUT2D eigenvalue weighted by atomic mass is 10.0. The lowest BCUT2D eigenvalue weighted by Crippen LogP contribution is -2.29. The predicted octanol–water partition coefficient (Wildman–Crippen LogP) is 4.73. The van der Waals surface area contributed by atoms with Crippen LogP contribution in [0.4, 0.5) is 4.79 Å². The van der Waals surface area contributed by atoms with Crippen LogP contribution in [-0.4, -0.2) is 23.8 Å². The van der Waals surface area contributed by atoms with Crippen LogP contribution in [0.25, 0.3) is 0 Å². The molecule has 0 radical (unpaired) electrons. The van der Waals surface area contributed by atoms with Gasteiger partial charge in [-0.1, -0.05) is 54.1 Å². The molecule has 0 bridgehead atoms. The zero-order valence-corrected chi connectivity index (χ0v) is 13.9. The van der Waals surface area contributed by atoms with Gasteiger partial charge in [-0.3, -0.25) is 0 Å². The maximum absolute atomic E-state index is 12.1. The van der Waals surface area contributed by atoms with Crippen molar-refractivity contribution >= 4 is 17.7 Å². The smallest absolute Gasteiger partial charge is 0.433 e. The van der Waals surface area contributed by atoms with Crippen LogP contribution in [0.1, 0.15) is 29.9 Å². The van der Waals surface area contributed by atoms with Crippen LogP contribution < -0.4 is 0 Å². The molecule has 24 heavy (non-hydrogen) atoms. The highest BCUT2D eigenvalue weighted by molar-refractivity contribution is 6.30. The first kappa shape index (κ1) is 16.5.